The van der Waals surface area contributed by atoms with Crippen LogP contribution in [0.5, 0.6) is 0 Å². The van der Waals surface area contributed by atoms with Gasteiger partial charge in [-0.05, 0) is 28.3 Å². The molecule has 2 nitrogen and oxygen atoms in total. The predicted octanol–water partition coefficient (Wildman–Crippen LogP) is 5.58. The maximum absolute atomic E-state index is 12.8. The zero-order valence-electron chi connectivity index (χ0n) is 16.1. The minimum atomic E-state index is -0.0767. The van der Waals surface area contributed by atoms with Gasteiger partial charge in [-0.2, -0.15) is 0 Å². The van der Waals surface area contributed by atoms with Crippen LogP contribution in [-0.4, -0.2) is 13.0 Å². The van der Waals surface area contributed by atoms with Crippen LogP contribution in [0.15, 0.2) is 78.9 Å². The van der Waals surface area contributed by atoms with Crippen molar-refractivity contribution in [2.75, 3.05) is 11.9 Å². The highest BCUT2D eigenvalue weighted by Gasteiger charge is 2.37. The number of hydrogen-bond acceptors (Lipinski definition) is 1. The summed E-state index contributed by atoms with van der Waals surface area (Å²) in [6.45, 7) is 4.29. The van der Waals surface area contributed by atoms with Crippen molar-refractivity contribution in [3.05, 3.63) is 101 Å². The van der Waals surface area contributed by atoms with Gasteiger partial charge in [-0.15, -0.1) is 0 Å². The van der Waals surface area contributed by atoms with Crippen LogP contribution in [0.25, 0.3) is 0 Å². The van der Waals surface area contributed by atoms with Gasteiger partial charge in [-0.25, -0.2) is 0 Å². The van der Waals surface area contributed by atoms with Crippen LogP contribution in [0, 0.1) is 5.92 Å². The molecule has 3 atom stereocenters. The van der Waals surface area contributed by atoms with Crippen LogP contribution in [0.2, 0.25) is 0 Å². The van der Waals surface area contributed by atoms with E-state index in [-0.39, 0.29) is 17.7 Å². The first-order valence-electron chi connectivity index (χ1n) is 9.59. The lowest BCUT2D eigenvalue weighted by Crippen LogP contribution is -2.40. The molecule has 0 fully saturated rings. The van der Waals surface area contributed by atoms with Crippen molar-refractivity contribution in [2.24, 2.45) is 5.92 Å². The quantitative estimate of drug-likeness (QED) is 0.600. The molecule has 0 bridgehead atoms. The Morgan fingerprint density at radius 1 is 0.852 bits per heavy atom. The van der Waals surface area contributed by atoms with E-state index < -0.39 is 0 Å². The summed E-state index contributed by atoms with van der Waals surface area (Å²) in [5.74, 6) is 0.506. The maximum atomic E-state index is 12.8. The largest absolute Gasteiger partial charge is 0.315 e. The molecule has 3 unspecified atom stereocenters. The molecule has 0 N–H and O–H groups in total. The van der Waals surface area contributed by atoms with Crippen molar-refractivity contribution >= 4 is 11.6 Å². The molecule has 27 heavy (non-hydrogen) atoms. The number of hydrogen-bond donors (Lipinski definition) is 0. The smallest absolute Gasteiger partial charge is 0.230 e. The van der Waals surface area contributed by atoms with E-state index in [1.807, 2.05) is 24.9 Å². The van der Waals surface area contributed by atoms with E-state index in [0.717, 1.165) is 5.69 Å². The van der Waals surface area contributed by atoms with Crippen LogP contribution in [0.1, 0.15) is 47.9 Å². The number of carbonyl (C=O) groups excluding carboxylic acids is 1. The fourth-order valence-corrected chi connectivity index (χ4v) is 4.30. The third-order valence-electron chi connectivity index (χ3n) is 5.93. The molecule has 0 saturated carbocycles. The third-order valence-corrected chi connectivity index (χ3v) is 5.93. The Labute approximate surface area is 161 Å². The van der Waals surface area contributed by atoms with Gasteiger partial charge < -0.3 is 4.90 Å². The minimum Gasteiger partial charge on any atom is -0.315 e. The van der Waals surface area contributed by atoms with E-state index in [1.54, 1.807) is 0 Å². The molecule has 3 aromatic rings. The first kappa shape index (κ1) is 17.5. The van der Waals surface area contributed by atoms with Crippen molar-refractivity contribution in [3.63, 3.8) is 0 Å². The van der Waals surface area contributed by atoms with Crippen LogP contribution in [0.4, 0.5) is 5.69 Å². The summed E-state index contributed by atoms with van der Waals surface area (Å²) in [7, 11) is 1.89. The molecule has 1 heterocycles. The molecule has 0 spiro atoms. The van der Waals surface area contributed by atoms with Crippen molar-refractivity contribution in [1.82, 2.24) is 0 Å². The number of anilines is 1. The lowest BCUT2D eigenvalue weighted by molar-refractivity contribution is -0.122. The molecule has 0 aromatic heterocycles. The summed E-state index contributed by atoms with van der Waals surface area (Å²) >= 11 is 0. The average molecular weight is 355 g/mol. The number of nitrogens with zero attached hydrogens (tertiary/aromatic N) is 1. The Balaban J connectivity index is 1.84. The van der Waals surface area contributed by atoms with Gasteiger partial charge >= 0.3 is 0 Å². The van der Waals surface area contributed by atoms with E-state index in [2.05, 4.69) is 79.7 Å². The lowest BCUT2D eigenvalue weighted by atomic mass is 9.76. The highest BCUT2D eigenvalue weighted by molar-refractivity contribution is 5.98. The van der Waals surface area contributed by atoms with Gasteiger partial charge in [0.05, 0.1) is 0 Å². The Hall–Kier alpha value is -2.87. The Bertz CT molecular complexity index is 949. The molecule has 136 valence electrons. The Morgan fingerprint density at radius 3 is 2.15 bits per heavy atom. The zero-order valence-corrected chi connectivity index (χ0v) is 16.1. The maximum Gasteiger partial charge on any atom is 0.230 e. The molecule has 0 aliphatic carbocycles. The summed E-state index contributed by atoms with van der Waals surface area (Å²) in [4.78, 5) is 14.7. The molecular formula is C25H25NO. The van der Waals surface area contributed by atoms with Crippen LogP contribution >= 0.6 is 0 Å². The molecule has 1 amide bonds. The summed E-state index contributed by atoms with van der Waals surface area (Å²) in [6.07, 6.45) is 0. The highest BCUT2D eigenvalue weighted by atomic mass is 16.2. The summed E-state index contributed by atoms with van der Waals surface area (Å²) in [6, 6.07) is 27.6. The van der Waals surface area contributed by atoms with Gasteiger partial charge in [0.2, 0.25) is 5.91 Å². The van der Waals surface area contributed by atoms with Gasteiger partial charge in [0.1, 0.15) is 0 Å². The predicted molar refractivity (Wildman–Crippen MR) is 111 cm³/mol. The molecule has 1 aliphatic rings. The highest BCUT2D eigenvalue weighted by Crippen LogP contribution is 2.44. The lowest BCUT2D eigenvalue weighted by Gasteiger charge is -2.37. The number of fused-ring (bicyclic) bond motifs is 1. The first-order chi connectivity index (χ1) is 13.1. The summed E-state index contributed by atoms with van der Waals surface area (Å²) < 4.78 is 0. The molecule has 2 heteroatoms. The third kappa shape index (κ3) is 3.06. The second kappa shape index (κ2) is 7.03. The fraction of sp³-hybridized carbons (Fsp3) is 0.240. The van der Waals surface area contributed by atoms with Gasteiger partial charge in [-0.3, -0.25) is 4.79 Å². The normalized spacial score (nSPS) is 20.3. The molecule has 1 aliphatic heterocycles. The van der Waals surface area contributed by atoms with Crippen LogP contribution in [0.3, 0.4) is 0 Å². The monoisotopic (exact) mass is 355 g/mol. The number of carbonyl (C=O) groups is 1. The molecule has 3 aromatic carbocycles. The van der Waals surface area contributed by atoms with Crippen molar-refractivity contribution in [1.29, 1.82) is 0 Å². The molecule has 0 saturated heterocycles. The zero-order chi connectivity index (χ0) is 19.0. The van der Waals surface area contributed by atoms with E-state index in [1.165, 1.54) is 22.3 Å². The number of benzene rings is 3. The van der Waals surface area contributed by atoms with Gasteiger partial charge in [-0.1, -0.05) is 86.6 Å². The van der Waals surface area contributed by atoms with Gasteiger partial charge in [0, 0.05) is 30.5 Å². The summed E-state index contributed by atoms with van der Waals surface area (Å²) in [5.41, 5.74) is 6.07. The molecular weight excluding hydrogens is 330 g/mol. The van der Waals surface area contributed by atoms with E-state index in [4.69, 9.17) is 0 Å². The van der Waals surface area contributed by atoms with E-state index >= 15 is 0 Å². The Morgan fingerprint density at radius 2 is 1.48 bits per heavy atom. The molecule has 0 radical (unpaired) electrons. The second-order valence-electron chi connectivity index (χ2n) is 7.52. The molecule has 4 rings (SSSR count). The van der Waals surface area contributed by atoms with E-state index in [0.29, 0.717) is 5.92 Å². The van der Waals surface area contributed by atoms with Crippen LogP contribution in [-0.2, 0) is 4.79 Å². The Kier molecular flexibility index (Phi) is 4.57. The minimum absolute atomic E-state index is 0.0767. The van der Waals surface area contributed by atoms with Crippen molar-refractivity contribution < 1.29 is 4.79 Å². The van der Waals surface area contributed by atoms with Crippen molar-refractivity contribution in [2.45, 2.75) is 25.7 Å². The number of rotatable bonds is 3. The SMILES string of the molecule is CC(c1ccccc1)c1ccc2c(c1)C(c1ccccc1)C(C)C(=O)N2C. The standard InChI is InChI=1S/C25H25NO/c1-17(19-10-6-4-7-11-19)21-14-15-23-22(16-21)24(18(2)25(27)26(23)3)20-12-8-5-9-13-20/h4-18,24H,1-3H3. The first-order valence-corrected chi connectivity index (χ1v) is 9.59. The summed E-state index contributed by atoms with van der Waals surface area (Å²) in [5, 5.41) is 0. The van der Waals surface area contributed by atoms with Gasteiger partial charge in [0.25, 0.3) is 0 Å². The van der Waals surface area contributed by atoms with E-state index in [9.17, 15) is 4.79 Å². The van der Waals surface area contributed by atoms with Gasteiger partial charge in [0.15, 0.2) is 0 Å². The average Bonchev–Trinajstić information content (AvgIpc) is 2.73. The fourth-order valence-electron chi connectivity index (χ4n) is 4.30. The second-order valence-corrected chi connectivity index (χ2v) is 7.52. The van der Waals surface area contributed by atoms with Crippen LogP contribution < -0.4 is 4.90 Å². The number of amides is 1. The van der Waals surface area contributed by atoms with Crippen molar-refractivity contribution in [3.8, 4) is 0 Å². The topological polar surface area (TPSA) is 20.3 Å².